The molecule has 16 heavy (non-hydrogen) atoms. The molecule has 0 amide bonds. The summed E-state index contributed by atoms with van der Waals surface area (Å²) in [4.78, 5) is 0. The van der Waals surface area contributed by atoms with Gasteiger partial charge < -0.3 is 15.8 Å². The molecule has 0 saturated carbocycles. The van der Waals surface area contributed by atoms with Crippen LogP contribution in [-0.2, 0) is 4.74 Å². The SMILES string of the molecule is CC(C)OCCNc1cc(Br)c(F)cc1N. The molecule has 0 saturated heterocycles. The molecule has 0 atom stereocenters. The minimum atomic E-state index is -0.360. The molecule has 0 unspecified atom stereocenters. The lowest BCUT2D eigenvalue weighted by Crippen LogP contribution is -2.14. The van der Waals surface area contributed by atoms with Crippen LogP contribution < -0.4 is 11.1 Å². The average Bonchev–Trinajstić information content (AvgIpc) is 2.19. The zero-order chi connectivity index (χ0) is 12.1. The Kier molecular flexibility index (Phi) is 5.02. The van der Waals surface area contributed by atoms with E-state index in [0.29, 0.717) is 29.0 Å². The molecular weight excluding hydrogens is 275 g/mol. The predicted octanol–water partition coefficient (Wildman–Crippen LogP) is 3.01. The standard InChI is InChI=1S/C11H16BrFN2O/c1-7(2)16-4-3-15-11-5-8(12)9(13)6-10(11)14/h5-7,15H,3-4,14H2,1-2H3. The van der Waals surface area contributed by atoms with Gasteiger partial charge in [0.25, 0.3) is 0 Å². The third kappa shape index (κ3) is 3.98. The summed E-state index contributed by atoms with van der Waals surface area (Å²) >= 11 is 3.11. The average molecular weight is 291 g/mol. The van der Waals surface area contributed by atoms with Crippen molar-refractivity contribution in [2.45, 2.75) is 20.0 Å². The number of halogens is 2. The van der Waals surface area contributed by atoms with Crippen molar-refractivity contribution < 1.29 is 9.13 Å². The van der Waals surface area contributed by atoms with Crippen LogP contribution in [0.4, 0.5) is 15.8 Å². The summed E-state index contributed by atoms with van der Waals surface area (Å²) in [5.74, 6) is -0.360. The summed E-state index contributed by atoms with van der Waals surface area (Å²) in [5, 5.41) is 3.09. The van der Waals surface area contributed by atoms with E-state index >= 15 is 0 Å². The third-order valence-corrected chi connectivity index (χ3v) is 2.57. The maximum absolute atomic E-state index is 13.1. The molecule has 0 aromatic heterocycles. The highest BCUT2D eigenvalue weighted by Gasteiger charge is 2.05. The van der Waals surface area contributed by atoms with E-state index < -0.39 is 0 Å². The molecule has 90 valence electrons. The Balaban J connectivity index is 2.51. The van der Waals surface area contributed by atoms with Crippen molar-refractivity contribution in [2.75, 3.05) is 24.2 Å². The van der Waals surface area contributed by atoms with Crippen molar-refractivity contribution in [3.05, 3.63) is 22.4 Å². The first-order valence-electron chi connectivity index (χ1n) is 5.10. The van der Waals surface area contributed by atoms with Crippen LogP contribution in [0, 0.1) is 5.82 Å². The van der Waals surface area contributed by atoms with E-state index in [1.54, 1.807) is 6.07 Å². The monoisotopic (exact) mass is 290 g/mol. The number of anilines is 2. The zero-order valence-electron chi connectivity index (χ0n) is 9.39. The minimum absolute atomic E-state index is 0.208. The maximum atomic E-state index is 13.1. The summed E-state index contributed by atoms with van der Waals surface area (Å²) in [6.07, 6.45) is 0.208. The molecule has 1 aromatic rings. The Bertz CT molecular complexity index is 358. The number of rotatable bonds is 5. The Morgan fingerprint density at radius 3 is 2.81 bits per heavy atom. The van der Waals surface area contributed by atoms with E-state index in [1.807, 2.05) is 13.8 Å². The highest BCUT2D eigenvalue weighted by atomic mass is 79.9. The van der Waals surface area contributed by atoms with Crippen LogP contribution in [0.1, 0.15) is 13.8 Å². The van der Waals surface area contributed by atoms with Crippen LogP contribution in [0.25, 0.3) is 0 Å². The second kappa shape index (κ2) is 6.06. The van der Waals surface area contributed by atoms with Gasteiger partial charge in [-0.05, 0) is 35.8 Å². The highest BCUT2D eigenvalue weighted by molar-refractivity contribution is 9.10. The number of nitrogen functional groups attached to an aromatic ring is 1. The van der Waals surface area contributed by atoms with Gasteiger partial charge in [-0.2, -0.15) is 0 Å². The smallest absolute Gasteiger partial charge is 0.139 e. The molecule has 0 aliphatic carbocycles. The molecule has 5 heteroatoms. The number of nitrogens with two attached hydrogens (primary N) is 1. The normalized spacial score (nSPS) is 10.8. The van der Waals surface area contributed by atoms with Crippen LogP contribution in [0.3, 0.4) is 0 Å². The second-order valence-electron chi connectivity index (χ2n) is 3.70. The molecule has 1 aromatic carbocycles. The number of ether oxygens (including phenoxy) is 1. The van der Waals surface area contributed by atoms with Crippen LogP contribution >= 0.6 is 15.9 Å². The molecule has 0 aliphatic rings. The molecule has 1 rings (SSSR count). The van der Waals surface area contributed by atoms with Crippen molar-refractivity contribution in [3.63, 3.8) is 0 Å². The topological polar surface area (TPSA) is 47.3 Å². The second-order valence-corrected chi connectivity index (χ2v) is 4.55. The molecular formula is C11H16BrFN2O. The van der Waals surface area contributed by atoms with Gasteiger partial charge in [0.2, 0.25) is 0 Å². The van der Waals surface area contributed by atoms with Gasteiger partial charge in [0.05, 0.1) is 28.6 Å². The van der Waals surface area contributed by atoms with Crippen molar-refractivity contribution in [1.29, 1.82) is 0 Å². The Hall–Kier alpha value is -0.810. The quantitative estimate of drug-likeness (QED) is 0.647. The molecule has 0 fully saturated rings. The fraction of sp³-hybridized carbons (Fsp3) is 0.455. The van der Waals surface area contributed by atoms with Gasteiger partial charge in [0.1, 0.15) is 5.82 Å². The van der Waals surface area contributed by atoms with E-state index in [4.69, 9.17) is 10.5 Å². The fourth-order valence-corrected chi connectivity index (χ4v) is 1.54. The summed E-state index contributed by atoms with van der Waals surface area (Å²) in [6.45, 7) is 5.18. The summed E-state index contributed by atoms with van der Waals surface area (Å²) in [6, 6.07) is 2.91. The number of hydrogen-bond donors (Lipinski definition) is 2. The van der Waals surface area contributed by atoms with Crippen LogP contribution in [0.2, 0.25) is 0 Å². The van der Waals surface area contributed by atoms with E-state index in [2.05, 4.69) is 21.2 Å². The fourth-order valence-electron chi connectivity index (χ4n) is 1.20. The molecule has 3 N–H and O–H groups in total. The van der Waals surface area contributed by atoms with E-state index in [9.17, 15) is 4.39 Å². The van der Waals surface area contributed by atoms with E-state index in [-0.39, 0.29) is 11.9 Å². The van der Waals surface area contributed by atoms with Crippen molar-refractivity contribution >= 4 is 27.3 Å². The van der Waals surface area contributed by atoms with Crippen LogP contribution in [-0.4, -0.2) is 19.3 Å². The van der Waals surface area contributed by atoms with Gasteiger partial charge in [-0.3, -0.25) is 0 Å². The van der Waals surface area contributed by atoms with Crippen molar-refractivity contribution in [3.8, 4) is 0 Å². The van der Waals surface area contributed by atoms with E-state index in [0.717, 1.165) is 0 Å². The van der Waals surface area contributed by atoms with Crippen molar-refractivity contribution in [1.82, 2.24) is 0 Å². The lowest BCUT2D eigenvalue weighted by Gasteiger charge is -2.12. The third-order valence-electron chi connectivity index (χ3n) is 1.96. The number of benzene rings is 1. The lowest BCUT2D eigenvalue weighted by molar-refractivity contribution is 0.0870. The molecule has 0 heterocycles. The number of nitrogens with one attached hydrogen (secondary N) is 1. The Morgan fingerprint density at radius 1 is 1.50 bits per heavy atom. The molecule has 0 spiro atoms. The van der Waals surface area contributed by atoms with Gasteiger partial charge in [-0.15, -0.1) is 0 Å². The largest absolute Gasteiger partial charge is 0.397 e. The first-order valence-corrected chi connectivity index (χ1v) is 5.90. The Labute approximate surface area is 103 Å². The van der Waals surface area contributed by atoms with Gasteiger partial charge in [0.15, 0.2) is 0 Å². The van der Waals surface area contributed by atoms with Crippen LogP contribution in [0.15, 0.2) is 16.6 Å². The predicted molar refractivity (Wildman–Crippen MR) is 68.1 cm³/mol. The van der Waals surface area contributed by atoms with Gasteiger partial charge in [-0.25, -0.2) is 4.39 Å². The summed E-state index contributed by atoms with van der Waals surface area (Å²) < 4.78 is 18.8. The van der Waals surface area contributed by atoms with Gasteiger partial charge >= 0.3 is 0 Å². The minimum Gasteiger partial charge on any atom is -0.397 e. The van der Waals surface area contributed by atoms with Crippen LogP contribution in [0.5, 0.6) is 0 Å². The molecule has 0 bridgehead atoms. The molecule has 0 radical (unpaired) electrons. The summed E-state index contributed by atoms with van der Waals surface area (Å²) in [5.41, 5.74) is 6.77. The maximum Gasteiger partial charge on any atom is 0.139 e. The first kappa shape index (κ1) is 13.3. The van der Waals surface area contributed by atoms with E-state index in [1.165, 1.54) is 6.07 Å². The highest BCUT2D eigenvalue weighted by Crippen LogP contribution is 2.26. The molecule has 0 aliphatic heterocycles. The summed E-state index contributed by atoms with van der Waals surface area (Å²) in [7, 11) is 0. The zero-order valence-corrected chi connectivity index (χ0v) is 11.0. The number of hydrogen-bond acceptors (Lipinski definition) is 3. The van der Waals surface area contributed by atoms with Crippen molar-refractivity contribution in [2.24, 2.45) is 0 Å². The van der Waals surface area contributed by atoms with Gasteiger partial charge in [0, 0.05) is 12.6 Å². The first-order chi connectivity index (χ1) is 7.50. The molecule has 3 nitrogen and oxygen atoms in total. The van der Waals surface area contributed by atoms with Gasteiger partial charge in [-0.1, -0.05) is 0 Å². The lowest BCUT2D eigenvalue weighted by atomic mass is 10.2. The Morgan fingerprint density at radius 2 is 2.19 bits per heavy atom.